The number of hydrogen-bond donors (Lipinski definition) is 5. The summed E-state index contributed by atoms with van der Waals surface area (Å²) in [6.45, 7) is 0.353. The number of likely N-dealkylation sites (N-methyl/N-ethyl adjacent to an activating group) is 1. The van der Waals surface area contributed by atoms with Crippen molar-refractivity contribution in [2.75, 3.05) is 20.1 Å². The van der Waals surface area contributed by atoms with Gasteiger partial charge < -0.3 is 26.8 Å². The molecule has 0 spiro atoms. The monoisotopic (exact) mass is 245 g/mol. The lowest BCUT2D eigenvalue weighted by Gasteiger charge is -2.15. The first-order chi connectivity index (χ1) is 7.84. The summed E-state index contributed by atoms with van der Waals surface area (Å²) in [6.07, 6.45) is 0.793. The molecule has 0 aliphatic carbocycles. The quantitative estimate of drug-likeness (QED) is 0.201. The number of aliphatic carboxylic acids is 1. The molecule has 8 heteroatoms. The van der Waals surface area contributed by atoms with Crippen molar-refractivity contribution >= 4 is 17.8 Å². The normalized spacial score (nSPS) is 11.6. The molecule has 17 heavy (non-hydrogen) atoms. The van der Waals surface area contributed by atoms with Gasteiger partial charge in [0.15, 0.2) is 5.96 Å². The Bertz CT molecular complexity index is 294. The third kappa shape index (κ3) is 7.12. The Labute approximate surface area is 99.5 Å². The minimum absolute atomic E-state index is 0.000315. The van der Waals surface area contributed by atoms with Gasteiger partial charge in [-0.05, 0) is 12.8 Å². The third-order valence-electron chi connectivity index (χ3n) is 2.12. The lowest BCUT2D eigenvalue weighted by Crippen LogP contribution is -2.41. The van der Waals surface area contributed by atoms with Gasteiger partial charge in [0, 0.05) is 13.6 Å². The molecule has 0 bridgehead atoms. The highest BCUT2D eigenvalue weighted by Crippen LogP contribution is 1.93. The van der Waals surface area contributed by atoms with Crippen LogP contribution in [-0.4, -0.2) is 54.0 Å². The van der Waals surface area contributed by atoms with E-state index in [1.54, 1.807) is 0 Å². The zero-order chi connectivity index (χ0) is 13.4. The van der Waals surface area contributed by atoms with Crippen molar-refractivity contribution < 1.29 is 14.7 Å². The lowest BCUT2D eigenvalue weighted by atomic mass is 10.2. The fraction of sp³-hybridized carbons (Fsp3) is 0.667. The molecule has 0 aromatic rings. The number of nitrogens with one attached hydrogen (secondary N) is 2. The molecule has 1 amide bonds. The number of hydrogen-bond acceptors (Lipinski definition) is 4. The number of guanidine groups is 1. The Morgan fingerprint density at radius 2 is 2.12 bits per heavy atom. The minimum atomic E-state index is -1.05. The van der Waals surface area contributed by atoms with Crippen LogP contribution in [0.1, 0.15) is 12.8 Å². The van der Waals surface area contributed by atoms with Crippen molar-refractivity contribution in [2.24, 2.45) is 11.5 Å². The van der Waals surface area contributed by atoms with E-state index in [9.17, 15) is 9.59 Å². The number of amides is 1. The zero-order valence-electron chi connectivity index (χ0n) is 9.77. The average molecular weight is 245 g/mol. The Balaban J connectivity index is 3.65. The molecule has 0 rings (SSSR count). The molecule has 7 N–H and O–H groups in total. The molecule has 98 valence electrons. The predicted molar refractivity (Wildman–Crippen MR) is 62.4 cm³/mol. The summed E-state index contributed by atoms with van der Waals surface area (Å²) in [6, 6.07) is -0.896. The summed E-state index contributed by atoms with van der Waals surface area (Å²) in [5.41, 5.74) is 10.4. The maximum Gasteiger partial charge on any atom is 0.320 e. The van der Waals surface area contributed by atoms with Crippen LogP contribution < -0.4 is 16.8 Å². The Hall–Kier alpha value is -1.83. The number of carboxylic acid groups (broad SMARTS) is 1. The molecule has 8 nitrogen and oxygen atoms in total. The average Bonchev–Trinajstić information content (AvgIpc) is 2.23. The van der Waals surface area contributed by atoms with Gasteiger partial charge in [-0.1, -0.05) is 0 Å². The number of rotatable bonds is 7. The van der Waals surface area contributed by atoms with E-state index >= 15 is 0 Å². The van der Waals surface area contributed by atoms with Crippen LogP contribution >= 0.6 is 0 Å². The molecule has 1 unspecified atom stereocenters. The van der Waals surface area contributed by atoms with E-state index in [2.05, 4.69) is 5.32 Å². The van der Waals surface area contributed by atoms with Crippen molar-refractivity contribution in [3.63, 3.8) is 0 Å². The fourth-order valence-corrected chi connectivity index (χ4v) is 1.03. The minimum Gasteiger partial charge on any atom is -0.480 e. The summed E-state index contributed by atoms with van der Waals surface area (Å²) in [5, 5.41) is 18.1. The lowest BCUT2D eigenvalue weighted by molar-refractivity contribution is -0.138. The first-order valence-corrected chi connectivity index (χ1v) is 5.14. The molecule has 0 saturated heterocycles. The van der Waals surface area contributed by atoms with Crippen molar-refractivity contribution in [1.82, 2.24) is 10.2 Å². The van der Waals surface area contributed by atoms with Gasteiger partial charge >= 0.3 is 5.97 Å². The van der Waals surface area contributed by atoms with Crippen molar-refractivity contribution in [1.29, 1.82) is 5.41 Å². The Kier molecular flexibility index (Phi) is 6.64. The van der Waals surface area contributed by atoms with Crippen LogP contribution in [0.25, 0.3) is 0 Å². The summed E-state index contributed by atoms with van der Waals surface area (Å²) < 4.78 is 0. The summed E-state index contributed by atoms with van der Waals surface area (Å²) in [7, 11) is 1.53. The zero-order valence-corrected chi connectivity index (χ0v) is 9.77. The topological polar surface area (TPSA) is 146 Å². The second kappa shape index (κ2) is 7.44. The predicted octanol–water partition coefficient (Wildman–Crippen LogP) is -1.88. The van der Waals surface area contributed by atoms with E-state index in [1.165, 1.54) is 11.9 Å². The van der Waals surface area contributed by atoms with Gasteiger partial charge in [0.25, 0.3) is 0 Å². The molecule has 0 aliphatic rings. The SMILES string of the molecule is CN(CC(=O)NCCCC(N)C(=O)O)C(=N)N. The van der Waals surface area contributed by atoms with Gasteiger partial charge in [-0.2, -0.15) is 0 Å². The molecule has 1 atom stereocenters. The maximum absolute atomic E-state index is 11.3. The number of carbonyl (C=O) groups is 2. The summed E-state index contributed by atoms with van der Waals surface area (Å²) in [5.74, 6) is -1.51. The van der Waals surface area contributed by atoms with Crippen LogP contribution in [0.3, 0.4) is 0 Å². The first-order valence-electron chi connectivity index (χ1n) is 5.14. The molecule has 0 aromatic heterocycles. The molecule has 0 aromatic carbocycles. The molecule has 0 heterocycles. The Morgan fingerprint density at radius 1 is 1.53 bits per heavy atom. The highest BCUT2D eigenvalue weighted by Gasteiger charge is 2.11. The van der Waals surface area contributed by atoms with Crippen molar-refractivity contribution in [2.45, 2.75) is 18.9 Å². The van der Waals surface area contributed by atoms with Gasteiger partial charge in [0.1, 0.15) is 6.04 Å². The third-order valence-corrected chi connectivity index (χ3v) is 2.12. The Morgan fingerprint density at radius 3 is 2.59 bits per heavy atom. The van der Waals surface area contributed by atoms with E-state index in [4.69, 9.17) is 22.0 Å². The smallest absolute Gasteiger partial charge is 0.320 e. The van der Waals surface area contributed by atoms with Crippen LogP contribution in [0, 0.1) is 5.41 Å². The van der Waals surface area contributed by atoms with Crippen molar-refractivity contribution in [3.8, 4) is 0 Å². The fourth-order valence-electron chi connectivity index (χ4n) is 1.03. The standard InChI is InChI=1S/C9H19N5O3/c1-14(9(11)12)5-7(15)13-4-2-3-6(10)8(16)17/h6H,2-5,10H2,1H3,(H3,11,12)(H,13,15)(H,16,17). The summed E-state index contributed by atoms with van der Waals surface area (Å²) >= 11 is 0. The van der Waals surface area contributed by atoms with Crippen LogP contribution in [0.2, 0.25) is 0 Å². The van der Waals surface area contributed by atoms with E-state index in [1.807, 2.05) is 0 Å². The second-order valence-electron chi connectivity index (χ2n) is 3.68. The van der Waals surface area contributed by atoms with Crippen LogP contribution in [-0.2, 0) is 9.59 Å². The van der Waals surface area contributed by atoms with E-state index in [0.29, 0.717) is 19.4 Å². The van der Waals surface area contributed by atoms with Gasteiger partial charge in [0.05, 0.1) is 6.54 Å². The molecular weight excluding hydrogens is 226 g/mol. The molecule has 0 radical (unpaired) electrons. The number of carbonyl (C=O) groups excluding carboxylic acids is 1. The van der Waals surface area contributed by atoms with Gasteiger partial charge in [-0.25, -0.2) is 0 Å². The molecule has 0 saturated carbocycles. The van der Waals surface area contributed by atoms with Gasteiger partial charge in [0.2, 0.25) is 5.91 Å². The highest BCUT2D eigenvalue weighted by atomic mass is 16.4. The molecule has 0 aliphatic heterocycles. The summed E-state index contributed by atoms with van der Waals surface area (Å²) in [4.78, 5) is 23.0. The highest BCUT2D eigenvalue weighted by molar-refractivity contribution is 5.83. The van der Waals surface area contributed by atoms with E-state index < -0.39 is 12.0 Å². The van der Waals surface area contributed by atoms with Crippen molar-refractivity contribution in [3.05, 3.63) is 0 Å². The van der Waals surface area contributed by atoms with Gasteiger partial charge in [-0.15, -0.1) is 0 Å². The van der Waals surface area contributed by atoms with Crippen LogP contribution in [0.5, 0.6) is 0 Å². The van der Waals surface area contributed by atoms with Gasteiger partial charge in [-0.3, -0.25) is 15.0 Å². The second-order valence-corrected chi connectivity index (χ2v) is 3.68. The largest absolute Gasteiger partial charge is 0.480 e. The van der Waals surface area contributed by atoms with Crippen LogP contribution in [0.4, 0.5) is 0 Å². The molecular formula is C9H19N5O3. The first kappa shape index (κ1) is 15.2. The maximum atomic E-state index is 11.3. The number of carboxylic acids is 1. The number of nitrogens with two attached hydrogens (primary N) is 2. The molecule has 0 fully saturated rings. The van der Waals surface area contributed by atoms with E-state index in [-0.39, 0.29) is 18.4 Å². The number of nitrogens with zero attached hydrogens (tertiary/aromatic N) is 1. The van der Waals surface area contributed by atoms with Crippen LogP contribution in [0.15, 0.2) is 0 Å². The van der Waals surface area contributed by atoms with E-state index in [0.717, 1.165) is 0 Å².